The van der Waals surface area contributed by atoms with Crippen LogP contribution in [0.15, 0.2) is 16.6 Å². The van der Waals surface area contributed by atoms with Crippen molar-refractivity contribution in [1.29, 1.82) is 0 Å². The number of hydrogen-bond acceptors (Lipinski definition) is 0. The smallest absolute Gasteiger partial charge is 0.140 e. The molecule has 0 aliphatic rings. The van der Waals surface area contributed by atoms with Crippen LogP contribution in [0.5, 0.6) is 0 Å². The molecule has 60 valence electrons. The fourth-order valence-electron chi connectivity index (χ4n) is 0.707. The van der Waals surface area contributed by atoms with Gasteiger partial charge in [0.1, 0.15) is 5.82 Å². The van der Waals surface area contributed by atoms with Gasteiger partial charge in [-0.05, 0) is 34.7 Å². The molecule has 0 fully saturated rings. The van der Waals surface area contributed by atoms with E-state index in [2.05, 4.69) is 31.9 Å². The van der Waals surface area contributed by atoms with E-state index >= 15 is 0 Å². The summed E-state index contributed by atoms with van der Waals surface area (Å²) in [6.07, 6.45) is 0. The Morgan fingerprint density at radius 1 is 1.45 bits per heavy atom. The molecular weight excluding hydrogens is 390 g/mol. The second-order valence-electron chi connectivity index (χ2n) is 1.99. The molecule has 0 atom stereocenters. The van der Waals surface area contributed by atoms with Gasteiger partial charge in [-0.15, -0.1) is 0 Å². The summed E-state index contributed by atoms with van der Waals surface area (Å²) in [5.41, 5.74) is 0.684. The highest BCUT2D eigenvalue weighted by molar-refractivity contribution is 14.1. The molecule has 0 saturated heterocycles. The van der Waals surface area contributed by atoms with E-state index in [1.54, 1.807) is 12.1 Å². The molecule has 11 heavy (non-hydrogen) atoms. The van der Waals surface area contributed by atoms with Gasteiger partial charge < -0.3 is 0 Å². The van der Waals surface area contributed by atoms with Crippen LogP contribution in [0.2, 0.25) is 0 Å². The lowest BCUT2D eigenvalue weighted by Crippen LogP contribution is -1.89. The number of alkyl halides is 1. The predicted octanol–water partition coefficient (Wildman–Crippen LogP) is 4.09. The maximum absolute atomic E-state index is 13.1. The van der Waals surface area contributed by atoms with E-state index in [9.17, 15) is 4.39 Å². The lowest BCUT2D eigenvalue weighted by Gasteiger charge is -2.01. The van der Waals surface area contributed by atoms with Crippen molar-refractivity contribution in [3.63, 3.8) is 0 Å². The second kappa shape index (κ2) is 4.18. The molecule has 1 aromatic carbocycles. The maximum atomic E-state index is 13.1. The van der Waals surface area contributed by atoms with Crippen molar-refractivity contribution in [1.82, 2.24) is 0 Å². The van der Waals surface area contributed by atoms with Gasteiger partial charge in [0.05, 0.1) is 3.57 Å². The summed E-state index contributed by atoms with van der Waals surface area (Å²) in [6, 6.07) is 3.52. The van der Waals surface area contributed by atoms with Gasteiger partial charge in [-0.1, -0.05) is 31.9 Å². The van der Waals surface area contributed by atoms with Gasteiger partial charge in [0.2, 0.25) is 0 Å². The first kappa shape index (κ1) is 9.92. The summed E-state index contributed by atoms with van der Waals surface area (Å²) in [7, 11) is 0. The fourth-order valence-corrected chi connectivity index (χ4v) is 2.73. The molecule has 1 aromatic rings. The van der Waals surface area contributed by atoms with Crippen molar-refractivity contribution >= 4 is 54.5 Å². The first-order valence-electron chi connectivity index (χ1n) is 2.84. The molecule has 4 heteroatoms. The maximum Gasteiger partial charge on any atom is 0.140 e. The molecule has 0 saturated carbocycles. The summed E-state index contributed by atoms with van der Waals surface area (Å²) in [6.45, 7) is 0. The third-order valence-corrected chi connectivity index (χ3v) is 3.06. The Kier molecular flexibility index (Phi) is 3.77. The van der Waals surface area contributed by atoms with Crippen LogP contribution in [0.4, 0.5) is 4.39 Å². The molecule has 1 rings (SSSR count). The molecular formula is C7H4Br2FI. The van der Waals surface area contributed by atoms with Crippen molar-refractivity contribution in [3.05, 3.63) is 31.6 Å². The molecule has 0 spiro atoms. The highest BCUT2D eigenvalue weighted by Crippen LogP contribution is 2.23. The van der Waals surface area contributed by atoms with Crippen LogP contribution in [-0.2, 0) is 5.33 Å². The monoisotopic (exact) mass is 392 g/mol. The first-order chi connectivity index (χ1) is 5.15. The van der Waals surface area contributed by atoms with E-state index in [-0.39, 0.29) is 5.82 Å². The molecule has 0 radical (unpaired) electrons. The molecule has 0 N–H and O–H groups in total. The predicted molar refractivity (Wildman–Crippen MR) is 59.4 cm³/mol. The van der Waals surface area contributed by atoms with Gasteiger partial charge in [-0.2, -0.15) is 0 Å². The Hall–Kier alpha value is 0.840. The Bertz CT molecular complexity index is 275. The van der Waals surface area contributed by atoms with E-state index in [0.29, 0.717) is 14.5 Å². The van der Waals surface area contributed by atoms with E-state index in [0.717, 1.165) is 4.47 Å². The van der Waals surface area contributed by atoms with Crippen LogP contribution in [0.1, 0.15) is 5.56 Å². The highest BCUT2D eigenvalue weighted by Gasteiger charge is 2.05. The zero-order chi connectivity index (χ0) is 8.43. The van der Waals surface area contributed by atoms with Crippen LogP contribution in [0.25, 0.3) is 0 Å². The van der Waals surface area contributed by atoms with Crippen LogP contribution >= 0.6 is 54.5 Å². The molecule has 0 amide bonds. The van der Waals surface area contributed by atoms with Gasteiger partial charge in [0.15, 0.2) is 0 Å². The van der Waals surface area contributed by atoms with Crippen LogP contribution in [0.3, 0.4) is 0 Å². The Morgan fingerprint density at radius 3 is 2.64 bits per heavy atom. The zero-order valence-corrected chi connectivity index (χ0v) is 10.7. The van der Waals surface area contributed by atoms with Gasteiger partial charge in [0, 0.05) is 15.4 Å². The van der Waals surface area contributed by atoms with E-state index in [1.165, 1.54) is 0 Å². The van der Waals surface area contributed by atoms with Crippen molar-refractivity contribution in [2.45, 2.75) is 5.33 Å². The molecule has 0 heterocycles. The minimum Gasteiger partial charge on any atom is -0.205 e. The Labute approximate surface area is 95.0 Å². The third kappa shape index (κ3) is 2.39. The second-order valence-corrected chi connectivity index (χ2v) is 4.63. The lowest BCUT2D eigenvalue weighted by molar-refractivity contribution is 0.610. The van der Waals surface area contributed by atoms with E-state index in [1.807, 2.05) is 22.6 Å². The topological polar surface area (TPSA) is 0 Å². The molecule has 0 nitrogen and oxygen atoms in total. The van der Waals surface area contributed by atoms with Gasteiger partial charge in [-0.25, -0.2) is 4.39 Å². The number of halogens is 4. The zero-order valence-electron chi connectivity index (χ0n) is 5.37. The molecule has 0 aliphatic carbocycles. The van der Waals surface area contributed by atoms with Gasteiger partial charge in [-0.3, -0.25) is 0 Å². The third-order valence-electron chi connectivity index (χ3n) is 1.21. The first-order valence-corrected chi connectivity index (χ1v) is 5.84. The summed E-state index contributed by atoms with van der Waals surface area (Å²) in [5, 5.41) is 0.550. The summed E-state index contributed by atoms with van der Waals surface area (Å²) < 4.78 is 14.7. The van der Waals surface area contributed by atoms with Crippen molar-refractivity contribution < 1.29 is 4.39 Å². The molecule has 0 unspecified atom stereocenters. The molecule has 0 aromatic heterocycles. The average molecular weight is 394 g/mol. The van der Waals surface area contributed by atoms with Gasteiger partial charge in [0.25, 0.3) is 0 Å². The highest BCUT2D eigenvalue weighted by atomic mass is 127. The quantitative estimate of drug-likeness (QED) is 0.383. The van der Waals surface area contributed by atoms with Crippen LogP contribution < -0.4 is 0 Å². The number of rotatable bonds is 1. The van der Waals surface area contributed by atoms with Gasteiger partial charge >= 0.3 is 0 Å². The van der Waals surface area contributed by atoms with E-state index in [4.69, 9.17) is 0 Å². The number of benzene rings is 1. The Morgan fingerprint density at radius 2 is 2.09 bits per heavy atom. The van der Waals surface area contributed by atoms with Crippen molar-refractivity contribution in [3.8, 4) is 0 Å². The minimum absolute atomic E-state index is 0.134. The number of hydrogen-bond donors (Lipinski definition) is 0. The Balaban J connectivity index is 3.24. The van der Waals surface area contributed by atoms with E-state index < -0.39 is 0 Å². The van der Waals surface area contributed by atoms with Crippen LogP contribution in [-0.4, -0.2) is 0 Å². The van der Waals surface area contributed by atoms with Crippen molar-refractivity contribution in [2.24, 2.45) is 0 Å². The molecule has 0 aliphatic heterocycles. The standard InChI is InChI=1S/C7H4Br2FI/c8-3-4-1-5(9)2-6(11)7(4)10/h1-2H,3H2. The normalized spacial score (nSPS) is 10.2. The lowest BCUT2D eigenvalue weighted by atomic mass is 10.2. The van der Waals surface area contributed by atoms with Crippen molar-refractivity contribution in [2.75, 3.05) is 0 Å². The fraction of sp³-hybridized carbons (Fsp3) is 0.143. The summed E-state index contributed by atoms with van der Waals surface area (Å²) in [4.78, 5) is 0. The minimum atomic E-state index is -0.134. The summed E-state index contributed by atoms with van der Waals surface area (Å²) >= 11 is 8.48. The molecule has 0 bridgehead atoms. The summed E-state index contributed by atoms with van der Waals surface area (Å²) in [5.74, 6) is -0.134. The average Bonchev–Trinajstić information content (AvgIpc) is 1.96. The largest absolute Gasteiger partial charge is 0.205 e. The van der Waals surface area contributed by atoms with Crippen LogP contribution in [0, 0.1) is 9.39 Å². The SMILES string of the molecule is Fc1c(I)cc(Br)cc1CBr.